The van der Waals surface area contributed by atoms with E-state index in [1.165, 1.54) is 0 Å². The highest BCUT2D eigenvalue weighted by Gasteiger charge is 2.15. The van der Waals surface area contributed by atoms with Crippen molar-refractivity contribution in [2.24, 2.45) is 5.73 Å². The molecule has 0 bridgehead atoms. The summed E-state index contributed by atoms with van der Waals surface area (Å²) < 4.78 is 9.10. The number of aryl methyl sites for hydroxylation is 1. The van der Waals surface area contributed by atoms with Crippen molar-refractivity contribution in [1.29, 1.82) is 0 Å². The Morgan fingerprint density at radius 1 is 1.33 bits per heavy atom. The lowest BCUT2D eigenvalue weighted by Crippen LogP contribution is -2.10. The van der Waals surface area contributed by atoms with Gasteiger partial charge >= 0.3 is 0 Å². The van der Waals surface area contributed by atoms with Gasteiger partial charge in [-0.05, 0) is 19.1 Å². The molecule has 2 heterocycles. The summed E-state index contributed by atoms with van der Waals surface area (Å²) in [7, 11) is 1.65. The number of hydrogen-bond donors (Lipinski definition) is 1. The van der Waals surface area contributed by atoms with Crippen molar-refractivity contribution in [3.63, 3.8) is 0 Å². The highest BCUT2D eigenvalue weighted by molar-refractivity contribution is 5.81. The fourth-order valence-electron chi connectivity index (χ4n) is 2.39. The van der Waals surface area contributed by atoms with E-state index in [0.29, 0.717) is 13.1 Å². The number of fused-ring (bicyclic) bond motifs is 1. The van der Waals surface area contributed by atoms with Crippen LogP contribution >= 0.6 is 0 Å². The Hall–Kier alpha value is -2.41. The monoisotopic (exact) mass is 286 g/mol. The maximum absolute atomic E-state index is 5.53. The van der Waals surface area contributed by atoms with E-state index in [1.807, 2.05) is 24.4 Å². The molecule has 0 saturated carbocycles. The molecule has 3 aromatic rings. The van der Waals surface area contributed by atoms with Crippen molar-refractivity contribution in [2.45, 2.75) is 20.0 Å². The Kier molecular flexibility index (Phi) is 3.57. The Morgan fingerprint density at radius 2 is 2.19 bits per heavy atom. The number of hydrogen-bond acceptors (Lipinski definition) is 5. The summed E-state index contributed by atoms with van der Waals surface area (Å²) in [6, 6.07) is 5.87. The number of aromatic nitrogens is 5. The van der Waals surface area contributed by atoms with Crippen molar-refractivity contribution in [3.05, 3.63) is 24.4 Å². The van der Waals surface area contributed by atoms with Gasteiger partial charge in [0.1, 0.15) is 11.4 Å². The zero-order chi connectivity index (χ0) is 14.8. The number of nitrogens with two attached hydrogens (primary N) is 1. The largest absolute Gasteiger partial charge is 0.497 e. The first kappa shape index (κ1) is 13.6. The Balaban J connectivity index is 2.11. The highest BCUT2D eigenvalue weighted by Crippen LogP contribution is 2.26. The SMILES string of the molecule is CCn1c(-c2cn(CCN)nn2)nc2cc(OC)ccc21. The molecule has 0 aliphatic rings. The molecule has 0 atom stereocenters. The summed E-state index contributed by atoms with van der Waals surface area (Å²) in [5, 5.41) is 8.26. The van der Waals surface area contributed by atoms with Crippen LogP contribution in [0.4, 0.5) is 0 Å². The molecule has 0 aliphatic carbocycles. The average Bonchev–Trinajstić information content (AvgIpc) is 3.10. The summed E-state index contributed by atoms with van der Waals surface area (Å²) in [6.45, 7) is 4.07. The predicted octanol–water partition coefficient (Wildman–Crippen LogP) is 1.28. The first-order valence-corrected chi connectivity index (χ1v) is 6.91. The Bertz CT molecular complexity index is 760. The van der Waals surface area contributed by atoms with Gasteiger partial charge in [0.25, 0.3) is 0 Å². The molecule has 0 spiro atoms. The summed E-state index contributed by atoms with van der Waals surface area (Å²) >= 11 is 0. The number of benzene rings is 1. The van der Waals surface area contributed by atoms with Gasteiger partial charge in [-0.25, -0.2) is 4.98 Å². The molecule has 0 fully saturated rings. The van der Waals surface area contributed by atoms with Crippen molar-refractivity contribution < 1.29 is 4.74 Å². The lowest BCUT2D eigenvalue weighted by atomic mass is 10.3. The topological polar surface area (TPSA) is 83.8 Å². The molecule has 3 rings (SSSR count). The maximum atomic E-state index is 5.53. The third kappa shape index (κ3) is 2.36. The second-order valence-corrected chi connectivity index (χ2v) is 4.69. The summed E-state index contributed by atoms with van der Waals surface area (Å²) in [5.74, 6) is 1.60. The lowest BCUT2D eigenvalue weighted by molar-refractivity contribution is 0.415. The fraction of sp³-hybridized carbons (Fsp3) is 0.357. The van der Waals surface area contributed by atoms with Gasteiger partial charge in [-0.1, -0.05) is 5.21 Å². The zero-order valence-electron chi connectivity index (χ0n) is 12.2. The van der Waals surface area contributed by atoms with Gasteiger partial charge in [0.2, 0.25) is 0 Å². The zero-order valence-corrected chi connectivity index (χ0v) is 12.2. The number of rotatable bonds is 5. The molecule has 7 nitrogen and oxygen atoms in total. The van der Waals surface area contributed by atoms with Crippen LogP contribution in [0.1, 0.15) is 6.92 Å². The molecule has 2 N–H and O–H groups in total. The van der Waals surface area contributed by atoms with Crippen molar-refractivity contribution in [3.8, 4) is 17.3 Å². The third-order valence-electron chi connectivity index (χ3n) is 3.40. The fourth-order valence-corrected chi connectivity index (χ4v) is 2.39. The van der Waals surface area contributed by atoms with Gasteiger partial charge < -0.3 is 15.0 Å². The predicted molar refractivity (Wildman–Crippen MR) is 80.0 cm³/mol. The molecular weight excluding hydrogens is 268 g/mol. The van der Waals surface area contributed by atoms with Gasteiger partial charge in [0.05, 0.1) is 30.9 Å². The molecular formula is C14H18N6O. The van der Waals surface area contributed by atoms with Gasteiger partial charge in [-0.2, -0.15) is 0 Å². The number of methoxy groups -OCH3 is 1. The molecule has 1 aromatic carbocycles. The van der Waals surface area contributed by atoms with Gasteiger partial charge in [-0.15, -0.1) is 5.10 Å². The number of imidazole rings is 1. The molecule has 0 saturated heterocycles. The minimum atomic E-state index is 0.532. The molecule has 0 radical (unpaired) electrons. The van der Waals surface area contributed by atoms with Crippen molar-refractivity contribution >= 4 is 11.0 Å². The van der Waals surface area contributed by atoms with Crippen LogP contribution in [0.5, 0.6) is 5.75 Å². The standard InChI is InChI=1S/C14H18N6O/c1-3-20-13-5-4-10(21-2)8-11(13)16-14(20)12-9-19(7-6-15)18-17-12/h4-5,8-9H,3,6-7,15H2,1-2H3. The second-order valence-electron chi connectivity index (χ2n) is 4.69. The van der Waals surface area contributed by atoms with Crippen molar-refractivity contribution in [2.75, 3.05) is 13.7 Å². The highest BCUT2D eigenvalue weighted by atomic mass is 16.5. The Morgan fingerprint density at radius 3 is 2.90 bits per heavy atom. The summed E-state index contributed by atoms with van der Waals surface area (Å²) in [4.78, 5) is 4.67. The van der Waals surface area contributed by atoms with Crippen LogP contribution in [0.3, 0.4) is 0 Å². The molecule has 21 heavy (non-hydrogen) atoms. The molecule has 110 valence electrons. The normalized spacial score (nSPS) is 11.2. The van der Waals surface area contributed by atoms with E-state index in [4.69, 9.17) is 10.5 Å². The second kappa shape index (κ2) is 5.53. The smallest absolute Gasteiger partial charge is 0.163 e. The van der Waals surface area contributed by atoms with Gasteiger partial charge in [-0.3, -0.25) is 4.68 Å². The third-order valence-corrected chi connectivity index (χ3v) is 3.40. The minimum Gasteiger partial charge on any atom is -0.497 e. The minimum absolute atomic E-state index is 0.532. The summed E-state index contributed by atoms with van der Waals surface area (Å²) in [5.41, 5.74) is 8.23. The first-order valence-electron chi connectivity index (χ1n) is 6.91. The first-order chi connectivity index (χ1) is 10.3. The van der Waals surface area contributed by atoms with Gasteiger partial charge in [0.15, 0.2) is 5.82 Å². The van der Waals surface area contributed by atoms with Crippen LogP contribution in [0, 0.1) is 0 Å². The van der Waals surface area contributed by atoms with Crippen molar-refractivity contribution in [1.82, 2.24) is 24.5 Å². The van der Waals surface area contributed by atoms with Gasteiger partial charge in [0, 0.05) is 19.2 Å². The van der Waals surface area contributed by atoms with E-state index >= 15 is 0 Å². The quantitative estimate of drug-likeness (QED) is 0.764. The van der Waals surface area contributed by atoms with Crippen LogP contribution in [-0.4, -0.2) is 38.2 Å². The van der Waals surface area contributed by atoms with E-state index < -0.39 is 0 Å². The average molecular weight is 286 g/mol. The Labute approximate surface area is 122 Å². The number of ether oxygens (including phenoxy) is 1. The van der Waals surface area contributed by atoms with Crippen LogP contribution in [-0.2, 0) is 13.1 Å². The van der Waals surface area contributed by atoms with E-state index in [0.717, 1.165) is 34.8 Å². The van der Waals surface area contributed by atoms with E-state index in [2.05, 4.69) is 26.8 Å². The maximum Gasteiger partial charge on any atom is 0.163 e. The number of nitrogens with zero attached hydrogens (tertiary/aromatic N) is 5. The van der Waals surface area contributed by atoms with Crippen LogP contribution < -0.4 is 10.5 Å². The lowest BCUT2D eigenvalue weighted by Gasteiger charge is -2.03. The molecule has 2 aromatic heterocycles. The molecule has 0 unspecified atom stereocenters. The molecule has 0 aliphatic heterocycles. The molecule has 0 amide bonds. The van der Waals surface area contributed by atoms with E-state index in [9.17, 15) is 0 Å². The van der Waals surface area contributed by atoms with Crippen LogP contribution in [0.15, 0.2) is 24.4 Å². The van der Waals surface area contributed by atoms with Crippen LogP contribution in [0.2, 0.25) is 0 Å². The summed E-state index contributed by atoms with van der Waals surface area (Å²) in [6.07, 6.45) is 1.87. The van der Waals surface area contributed by atoms with Crippen LogP contribution in [0.25, 0.3) is 22.6 Å². The van der Waals surface area contributed by atoms with E-state index in [-0.39, 0.29) is 0 Å². The molecule has 7 heteroatoms. The van der Waals surface area contributed by atoms with E-state index in [1.54, 1.807) is 11.8 Å².